The summed E-state index contributed by atoms with van der Waals surface area (Å²) in [7, 11) is 0. The third-order valence-electron chi connectivity index (χ3n) is 6.88. The Morgan fingerprint density at radius 3 is 2.76 bits per heavy atom. The summed E-state index contributed by atoms with van der Waals surface area (Å²) in [6.07, 6.45) is 4.13. The van der Waals surface area contributed by atoms with Crippen LogP contribution < -0.4 is 5.32 Å². The summed E-state index contributed by atoms with van der Waals surface area (Å²) >= 11 is 2.89. The number of thiophene rings is 1. The molecule has 0 aliphatic heterocycles. The van der Waals surface area contributed by atoms with Crippen LogP contribution in [0.25, 0.3) is 11.3 Å². The Morgan fingerprint density at radius 2 is 2.06 bits per heavy atom. The van der Waals surface area contributed by atoms with Gasteiger partial charge >= 0.3 is 0 Å². The molecule has 0 unspecified atom stereocenters. The first-order chi connectivity index (χ1) is 16.3. The van der Waals surface area contributed by atoms with Crippen LogP contribution >= 0.6 is 23.1 Å². The second kappa shape index (κ2) is 10.3. The number of anilines is 1. The van der Waals surface area contributed by atoms with Gasteiger partial charge in [0.1, 0.15) is 11.1 Å². The van der Waals surface area contributed by atoms with Gasteiger partial charge in [-0.3, -0.25) is 4.79 Å². The lowest BCUT2D eigenvalue weighted by Gasteiger charge is -2.36. The molecular weight excluding hydrogens is 460 g/mol. The molecule has 0 radical (unpaired) electrons. The van der Waals surface area contributed by atoms with Crippen molar-refractivity contribution in [2.45, 2.75) is 58.5 Å². The van der Waals surface area contributed by atoms with Crippen LogP contribution in [0, 0.1) is 29.6 Å². The first kappa shape index (κ1) is 24.4. The second-order valence-corrected chi connectivity index (χ2v) is 11.5. The van der Waals surface area contributed by atoms with E-state index in [1.165, 1.54) is 16.6 Å². The molecule has 2 heterocycles. The number of nitriles is 1. The van der Waals surface area contributed by atoms with E-state index < -0.39 is 0 Å². The molecule has 3 aromatic rings. The summed E-state index contributed by atoms with van der Waals surface area (Å²) in [6.45, 7) is 8.84. The van der Waals surface area contributed by atoms with E-state index in [9.17, 15) is 10.1 Å². The smallest absolute Gasteiger partial charge is 0.235 e. The molecule has 1 N–H and O–H groups in total. The zero-order valence-corrected chi connectivity index (χ0v) is 21.8. The second-order valence-electron chi connectivity index (χ2n) is 9.48. The number of amides is 1. The van der Waals surface area contributed by atoms with Gasteiger partial charge in [0.15, 0.2) is 5.16 Å². The largest absolute Gasteiger partial charge is 0.316 e. The molecule has 0 fully saturated rings. The normalized spacial score (nSPS) is 15.4. The first-order valence-corrected chi connectivity index (χ1v) is 13.5. The fourth-order valence-corrected chi connectivity index (χ4v) is 6.40. The minimum atomic E-state index is -0.142. The molecule has 2 aromatic heterocycles. The summed E-state index contributed by atoms with van der Waals surface area (Å²) in [5, 5.41) is 14.1. The average molecular weight is 491 g/mol. The molecule has 1 atom stereocenters. The number of thioether (sulfide) groups is 1. The highest BCUT2D eigenvalue weighted by molar-refractivity contribution is 7.99. The van der Waals surface area contributed by atoms with Gasteiger partial charge in [-0.1, -0.05) is 69.3 Å². The van der Waals surface area contributed by atoms with Crippen molar-refractivity contribution in [1.29, 1.82) is 5.26 Å². The van der Waals surface area contributed by atoms with Crippen molar-refractivity contribution in [3.8, 4) is 17.3 Å². The Morgan fingerprint density at radius 1 is 1.29 bits per heavy atom. The van der Waals surface area contributed by atoms with E-state index >= 15 is 0 Å². The van der Waals surface area contributed by atoms with E-state index in [1.54, 1.807) is 11.3 Å². The Bertz CT molecular complexity index is 1230. The van der Waals surface area contributed by atoms with Crippen LogP contribution in [0.4, 0.5) is 5.00 Å². The van der Waals surface area contributed by atoms with Crippen LogP contribution in [0.1, 0.15) is 55.3 Å². The Kier molecular flexibility index (Phi) is 7.39. The molecule has 4 rings (SSSR count). The number of nitrogens with zero attached hydrogens (tertiary/aromatic N) is 3. The number of hydrogen-bond donors (Lipinski definition) is 1. The van der Waals surface area contributed by atoms with E-state index in [2.05, 4.69) is 42.1 Å². The van der Waals surface area contributed by atoms with Gasteiger partial charge in [0, 0.05) is 16.1 Å². The van der Waals surface area contributed by atoms with Crippen LogP contribution in [0.15, 0.2) is 41.6 Å². The van der Waals surface area contributed by atoms with Gasteiger partial charge in [0.25, 0.3) is 0 Å². The predicted octanol–water partition coefficient (Wildman–Crippen LogP) is 6.66. The van der Waals surface area contributed by atoms with Gasteiger partial charge in [-0.15, -0.1) is 11.3 Å². The van der Waals surface area contributed by atoms with Gasteiger partial charge < -0.3 is 5.32 Å². The van der Waals surface area contributed by atoms with Gasteiger partial charge in [-0.25, -0.2) is 9.97 Å². The van der Waals surface area contributed by atoms with Crippen LogP contribution in [-0.4, -0.2) is 21.6 Å². The lowest BCUT2D eigenvalue weighted by Crippen LogP contribution is -2.28. The average Bonchev–Trinajstić information content (AvgIpc) is 3.19. The number of carbonyl (C=O) groups is 1. The van der Waals surface area contributed by atoms with Crippen molar-refractivity contribution in [2.75, 3.05) is 11.1 Å². The van der Waals surface area contributed by atoms with Crippen LogP contribution in [0.2, 0.25) is 0 Å². The fourth-order valence-electron chi connectivity index (χ4n) is 4.40. The fraction of sp³-hybridized carbons (Fsp3) is 0.407. The van der Waals surface area contributed by atoms with Gasteiger partial charge in [-0.05, 0) is 49.1 Å². The summed E-state index contributed by atoms with van der Waals surface area (Å²) in [5.41, 5.74) is 4.78. The minimum absolute atomic E-state index is 0.142. The molecule has 1 aromatic carbocycles. The summed E-state index contributed by atoms with van der Waals surface area (Å²) in [5.74, 6) is 0.653. The topological polar surface area (TPSA) is 78.7 Å². The Labute approximate surface area is 210 Å². The maximum Gasteiger partial charge on any atom is 0.235 e. The molecule has 7 heteroatoms. The van der Waals surface area contributed by atoms with Crippen LogP contribution in [0.3, 0.4) is 0 Å². The number of aryl methyl sites for hydroxylation is 1. The summed E-state index contributed by atoms with van der Waals surface area (Å²) < 4.78 is 0. The van der Waals surface area contributed by atoms with E-state index in [0.29, 0.717) is 21.6 Å². The van der Waals surface area contributed by atoms with Crippen LogP contribution in [-0.2, 0) is 17.6 Å². The number of hydrogen-bond acceptors (Lipinski definition) is 6. The highest BCUT2D eigenvalue weighted by Gasteiger charge is 2.34. The highest BCUT2D eigenvalue weighted by atomic mass is 32.2. The molecular formula is C27H30N4OS2. The number of carbonyl (C=O) groups excluding carboxylic acids is 1. The summed E-state index contributed by atoms with van der Waals surface area (Å²) in [4.78, 5) is 23.2. The van der Waals surface area contributed by atoms with Crippen molar-refractivity contribution < 1.29 is 4.79 Å². The highest BCUT2D eigenvalue weighted by Crippen LogP contribution is 2.45. The molecule has 0 saturated carbocycles. The van der Waals surface area contributed by atoms with Gasteiger partial charge in [-0.2, -0.15) is 5.26 Å². The molecule has 5 nitrogen and oxygen atoms in total. The molecule has 0 bridgehead atoms. The van der Waals surface area contributed by atoms with Gasteiger partial charge in [0.2, 0.25) is 5.91 Å². The van der Waals surface area contributed by atoms with Crippen molar-refractivity contribution in [2.24, 2.45) is 11.3 Å². The number of rotatable bonds is 7. The zero-order valence-electron chi connectivity index (χ0n) is 20.1. The predicted molar refractivity (Wildman–Crippen MR) is 140 cm³/mol. The molecule has 34 heavy (non-hydrogen) atoms. The molecule has 1 amide bonds. The maximum atomic E-state index is 12.8. The van der Waals surface area contributed by atoms with E-state index in [4.69, 9.17) is 0 Å². The standard InChI is InChI=1S/C27H30N4OS2/c1-5-27(3,4)19-11-12-20-21(15-28)25(34-23(20)14-19)31-24(32)16-33-26-29-17(2)13-22(30-26)18-9-7-6-8-10-18/h6-10,13,19H,5,11-12,14,16H2,1-4H3,(H,31,32)/t19-/m0/s1. The zero-order chi connectivity index (χ0) is 24.3. The number of aromatic nitrogens is 2. The summed E-state index contributed by atoms with van der Waals surface area (Å²) in [6, 6.07) is 14.2. The van der Waals surface area contributed by atoms with E-state index in [-0.39, 0.29) is 17.1 Å². The molecule has 1 aliphatic rings. The molecule has 0 saturated heterocycles. The minimum Gasteiger partial charge on any atom is -0.316 e. The van der Waals surface area contributed by atoms with E-state index in [0.717, 1.165) is 48.2 Å². The van der Waals surface area contributed by atoms with E-state index in [1.807, 2.05) is 43.3 Å². The monoisotopic (exact) mass is 490 g/mol. The SMILES string of the molecule is CCC(C)(C)[C@H]1CCc2c(sc(NC(=O)CSc3nc(C)cc(-c4ccccc4)n3)c2C#N)C1. The molecule has 0 spiro atoms. The quantitative estimate of drug-likeness (QED) is 0.296. The Balaban J connectivity index is 1.45. The van der Waals surface area contributed by atoms with Gasteiger partial charge in [0.05, 0.1) is 17.0 Å². The Hall–Kier alpha value is -2.69. The number of nitrogens with one attached hydrogen (secondary N) is 1. The first-order valence-electron chi connectivity index (χ1n) is 11.7. The van der Waals surface area contributed by atoms with Crippen molar-refractivity contribution >= 4 is 34.0 Å². The third-order valence-corrected chi connectivity index (χ3v) is 8.90. The van der Waals surface area contributed by atoms with Crippen molar-refractivity contribution in [1.82, 2.24) is 9.97 Å². The number of fused-ring (bicyclic) bond motifs is 1. The number of benzene rings is 1. The molecule has 176 valence electrons. The lowest BCUT2D eigenvalue weighted by atomic mass is 9.69. The van der Waals surface area contributed by atoms with Crippen LogP contribution in [0.5, 0.6) is 0 Å². The lowest BCUT2D eigenvalue weighted by molar-refractivity contribution is -0.113. The van der Waals surface area contributed by atoms with Crippen molar-refractivity contribution in [3.05, 3.63) is 58.1 Å². The third kappa shape index (κ3) is 5.34. The van der Waals surface area contributed by atoms with Crippen molar-refractivity contribution in [3.63, 3.8) is 0 Å². The maximum absolute atomic E-state index is 12.8. The molecule has 1 aliphatic carbocycles.